The molecule has 14 heavy (non-hydrogen) atoms. The highest BCUT2D eigenvalue weighted by atomic mass is 19.1. The molecule has 0 saturated carbocycles. The number of carboxylic acid groups (broad SMARTS) is 1. The van der Waals surface area contributed by atoms with E-state index in [1.807, 2.05) is 0 Å². The number of aliphatic hydroxyl groups is 1. The normalized spacial score (nSPS) is 14.8. The van der Waals surface area contributed by atoms with Gasteiger partial charge in [0, 0.05) is 0 Å². The largest absolute Gasteiger partial charge is 0.479 e. The summed E-state index contributed by atoms with van der Waals surface area (Å²) < 4.78 is 25.4. The van der Waals surface area contributed by atoms with Crippen LogP contribution in [0.1, 0.15) is 11.7 Å². The number of aliphatic carboxylic acids is 1. The van der Waals surface area contributed by atoms with Gasteiger partial charge in [0.05, 0.1) is 0 Å². The Bertz CT molecular complexity index is 341. The lowest BCUT2D eigenvalue weighted by molar-refractivity contribution is -0.147. The lowest BCUT2D eigenvalue weighted by Gasteiger charge is -2.11. The molecular weight excluding hydrogens is 194 g/mol. The van der Waals surface area contributed by atoms with Gasteiger partial charge in [0.1, 0.15) is 11.9 Å². The van der Waals surface area contributed by atoms with Gasteiger partial charge in [-0.3, -0.25) is 0 Å². The highest BCUT2D eigenvalue weighted by Gasteiger charge is 2.27. The molecule has 0 aliphatic rings. The van der Waals surface area contributed by atoms with Crippen molar-refractivity contribution in [3.63, 3.8) is 0 Å². The average Bonchev–Trinajstić information content (AvgIpc) is 2.15. The average molecular weight is 202 g/mol. The first-order chi connectivity index (χ1) is 6.52. The molecule has 1 aromatic rings. The summed E-state index contributed by atoms with van der Waals surface area (Å²) in [7, 11) is 0. The molecule has 0 aromatic heterocycles. The van der Waals surface area contributed by atoms with Crippen LogP contribution in [0, 0.1) is 5.82 Å². The second-order valence-electron chi connectivity index (χ2n) is 2.74. The number of carboxylic acids is 1. The number of rotatable bonds is 3. The van der Waals surface area contributed by atoms with Crippen LogP contribution in [0.3, 0.4) is 0 Å². The minimum atomic E-state index is -2.45. The Morgan fingerprint density at radius 1 is 1.43 bits per heavy atom. The molecule has 0 saturated heterocycles. The van der Waals surface area contributed by atoms with Gasteiger partial charge in [-0.05, 0) is 17.7 Å². The van der Waals surface area contributed by atoms with Crippen molar-refractivity contribution in [1.29, 1.82) is 0 Å². The van der Waals surface area contributed by atoms with Gasteiger partial charge < -0.3 is 10.2 Å². The van der Waals surface area contributed by atoms with Crippen molar-refractivity contribution in [2.75, 3.05) is 0 Å². The number of hydrogen-bond acceptors (Lipinski definition) is 2. The highest BCUT2D eigenvalue weighted by Crippen LogP contribution is 2.19. The summed E-state index contributed by atoms with van der Waals surface area (Å²) in [5.74, 6) is -2.43. The van der Waals surface area contributed by atoms with Gasteiger partial charge in [0.15, 0.2) is 0 Å². The van der Waals surface area contributed by atoms with Crippen molar-refractivity contribution in [3.8, 4) is 0 Å². The summed E-state index contributed by atoms with van der Waals surface area (Å²) in [5.41, 5.74) is -0.0973. The van der Waals surface area contributed by atoms with Crippen LogP contribution in [0.4, 0.5) is 8.78 Å². The zero-order chi connectivity index (χ0) is 10.7. The molecule has 2 atom stereocenters. The van der Waals surface area contributed by atoms with Crippen LogP contribution >= 0.6 is 0 Å². The minimum absolute atomic E-state index is 0.0973. The zero-order valence-electron chi connectivity index (χ0n) is 7.02. The SMILES string of the molecule is O=C(O)C(F)C(O)c1cccc(F)c1. The standard InChI is InChI=1S/C9H8F2O3/c10-6-3-1-2-5(4-6)8(12)7(11)9(13)14/h1-4,7-8,12H,(H,13,14). The lowest BCUT2D eigenvalue weighted by Crippen LogP contribution is -2.23. The van der Waals surface area contributed by atoms with Gasteiger partial charge in [-0.1, -0.05) is 12.1 Å². The predicted octanol–water partition coefficient (Wildman–Crippen LogP) is 1.28. The third kappa shape index (κ3) is 2.26. The molecule has 0 spiro atoms. The van der Waals surface area contributed by atoms with Crippen molar-refractivity contribution >= 4 is 5.97 Å². The summed E-state index contributed by atoms with van der Waals surface area (Å²) >= 11 is 0. The van der Waals surface area contributed by atoms with E-state index in [9.17, 15) is 13.6 Å². The molecular formula is C9H8F2O3. The summed E-state index contributed by atoms with van der Waals surface area (Å²) in [5, 5.41) is 17.4. The van der Waals surface area contributed by atoms with Gasteiger partial charge in [-0.25, -0.2) is 13.6 Å². The first-order valence-electron chi connectivity index (χ1n) is 3.83. The number of alkyl halides is 1. The first kappa shape index (κ1) is 10.6. The molecule has 0 fully saturated rings. The zero-order valence-corrected chi connectivity index (χ0v) is 7.02. The molecule has 0 amide bonds. The van der Waals surface area contributed by atoms with Crippen molar-refractivity contribution in [1.82, 2.24) is 0 Å². The minimum Gasteiger partial charge on any atom is -0.479 e. The van der Waals surface area contributed by atoms with E-state index in [1.54, 1.807) is 0 Å². The maximum absolute atomic E-state index is 12.8. The third-order valence-corrected chi connectivity index (χ3v) is 1.70. The van der Waals surface area contributed by atoms with Crippen LogP contribution in [-0.4, -0.2) is 22.4 Å². The maximum atomic E-state index is 12.8. The lowest BCUT2D eigenvalue weighted by atomic mass is 10.1. The van der Waals surface area contributed by atoms with Crippen LogP contribution in [-0.2, 0) is 4.79 Å². The Labute approximate surface area is 78.6 Å². The Kier molecular flexibility index (Phi) is 3.14. The molecule has 0 heterocycles. The van der Waals surface area contributed by atoms with Crippen LogP contribution in [0.25, 0.3) is 0 Å². The summed E-state index contributed by atoms with van der Waals surface area (Å²) in [6, 6.07) is 4.52. The molecule has 2 unspecified atom stereocenters. The number of halogens is 2. The molecule has 0 bridgehead atoms. The van der Waals surface area contributed by atoms with Crippen molar-refractivity contribution < 1.29 is 23.8 Å². The smallest absolute Gasteiger partial charge is 0.341 e. The van der Waals surface area contributed by atoms with E-state index in [-0.39, 0.29) is 5.56 Å². The van der Waals surface area contributed by atoms with E-state index >= 15 is 0 Å². The molecule has 76 valence electrons. The quantitative estimate of drug-likeness (QED) is 0.776. The number of hydrogen-bond donors (Lipinski definition) is 2. The van der Waals surface area contributed by atoms with Crippen molar-refractivity contribution in [3.05, 3.63) is 35.6 Å². The van der Waals surface area contributed by atoms with Gasteiger partial charge in [-0.15, -0.1) is 0 Å². The Hall–Kier alpha value is -1.49. The monoisotopic (exact) mass is 202 g/mol. The fourth-order valence-electron chi connectivity index (χ4n) is 0.995. The second kappa shape index (κ2) is 4.15. The second-order valence-corrected chi connectivity index (χ2v) is 2.74. The van der Waals surface area contributed by atoms with E-state index in [0.29, 0.717) is 0 Å². The van der Waals surface area contributed by atoms with E-state index in [0.717, 1.165) is 12.1 Å². The van der Waals surface area contributed by atoms with E-state index in [2.05, 4.69) is 0 Å². The van der Waals surface area contributed by atoms with Crippen LogP contribution < -0.4 is 0 Å². The fourth-order valence-corrected chi connectivity index (χ4v) is 0.995. The molecule has 2 N–H and O–H groups in total. The van der Waals surface area contributed by atoms with Crippen molar-refractivity contribution in [2.24, 2.45) is 0 Å². The fraction of sp³-hybridized carbons (Fsp3) is 0.222. The Morgan fingerprint density at radius 3 is 2.57 bits per heavy atom. The van der Waals surface area contributed by atoms with E-state index in [4.69, 9.17) is 10.2 Å². The first-order valence-corrected chi connectivity index (χ1v) is 3.83. The molecule has 0 aliphatic heterocycles. The summed E-state index contributed by atoms with van der Waals surface area (Å²) in [4.78, 5) is 10.2. The molecule has 0 aliphatic carbocycles. The van der Waals surface area contributed by atoms with Crippen molar-refractivity contribution in [2.45, 2.75) is 12.3 Å². The Morgan fingerprint density at radius 2 is 2.07 bits per heavy atom. The van der Waals surface area contributed by atoms with E-state index < -0.39 is 24.1 Å². The highest BCUT2D eigenvalue weighted by molar-refractivity contribution is 5.73. The number of carbonyl (C=O) groups is 1. The molecule has 1 rings (SSSR count). The summed E-state index contributed by atoms with van der Waals surface area (Å²) in [6.45, 7) is 0. The Balaban J connectivity index is 2.89. The van der Waals surface area contributed by atoms with E-state index in [1.165, 1.54) is 12.1 Å². The number of aliphatic hydroxyl groups excluding tert-OH is 1. The topological polar surface area (TPSA) is 57.5 Å². The molecule has 1 aromatic carbocycles. The van der Waals surface area contributed by atoms with Crippen LogP contribution in [0.2, 0.25) is 0 Å². The maximum Gasteiger partial charge on any atom is 0.341 e. The van der Waals surface area contributed by atoms with Gasteiger partial charge in [0.25, 0.3) is 0 Å². The van der Waals surface area contributed by atoms with Crippen LogP contribution in [0.5, 0.6) is 0 Å². The molecule has 5 heteroatoms. The van der Waals surface area contributed by atoms with Gasteiger partial charge >= 0.3 is 5.97 Å². The van der Waals surface area contributed by atoms with Crippen LogP contribution in [0.15, 0.2) is 24.3 Å². The predicted molar refractivity (Wildman–Crippen MR) is 43.9 cm³/mol. The van der Waals surface area contributed by atoms with Gasteiger partial charge in [0.2, 0.25) is 6.17 Å². The third-order valence-electron chi connectivity index (χ3n) is 1.70. The summed E-state index contributed by atoms with van der Waals surface area (Å²) in [6.07, 6.45) is -4.29. The molecule has 3 nitrogen and oxygen atoms in total. The molecule has 0 radical (unpaired) electrons. The number of benzene rings is 1. The van der Waals surface area contributed by atoms with Gasteiger partial charge in [-0.2, -0.15) is 0 Å².